The van der Waals surface area contributed by atoms with Gasteiger partial charge < -0.3 is 0 Å². The van der Waals surface area contributed by atoms with E-state index in [1.54, 1.807) is 15.9 Å². The number of hydrogen-bond donors (Lipinski definition) is 0. The van der Waals surface area contributed by atoms with E-state index < -0.39 is 0 Å². The molecule has 0 amide bonds. The summed E-state index contributed by atoms with van der Waals surface area (Å²) in [6.45, 7) is 6.27. The maximum absolute atomic E-state index is 13.1. The average Bonchev–Trinajstić information content (AvgIpc) is 2.87. The van der Waals surface area contributed by atoms with Crippen LogP contribution < -0.4 is 5.56 Å². The molecule has 0 fully saturated rings. The van der Waals surface area contributed by atoms with Crippen LogP contribution in [0.5, 0.6) is 0 Å². The number of benzene rings is 1. The molecular formula is C19H17ClN2OS. The SMILES string of the molecule is C#CCn1c(C(C)C)nc2sc(C)c(-c3ccc(Cl)cc3)c2c1=O. The summed E-state index contributed by atoms with van der Waals surface area (Å²) in [5.41, 5.74) is 1.81. The van der Waals surface area contributed by atoms with E-state index in [4.69, 9.17) is 23.0 Å². The standard InChI is InChI=1S/C19H17ClN2OS/c1-5-10-22-17(11(2)3)21-18-16(19(22)23)15(12(4)24-18)13-6-8-14(20)9-7-13/h1,6-9,11H,10H2,2-4H3. The molecule has 24 heavy (non-hydrogen) atoms. The molecular weight excluding hydrogens is 340 g/mol. The Morgan fingerprint density at radius 1 is 1.33 bits per heavy atom. The highest BCUT2D eigenvalue weighted by Crippen LogP contribution is 2.36. The summed E-state index contributed by atoms with van der Waals surface area (Å²) in [7, 11) is 0. The van der Waals surface area contributed by atoms with Crippen LogP contribution in [0.2, 0.25) is 5.02 Å². The lowest BCUT2D eigenvalue weighted by molar-refractivity contribution is 0.651. The van der Waals surface area contributed by atoms with Gasteiger partial charge in [0, 0.05) is 21.4 Å². The highest BCUT2D eigenvalue weighted by Gasteiger charge is 2.20. The molecule has 1 aromatic carbocycles. The Labute approximate surface area is 149 Å². The minimum absolute atomic E-state index is 0.0732. The molecule has 2 aromatic heterocycles. The lowest BCUT2D eigenvalue weighted by Gasteiger charge is -2.13. The second-order valence-electron chi connectivity index (χ2n) is 5.94. The van der Waals surface area contributed by atoms with Crippen LogP contribution in [-0.2, 0) is 6.54 Å². The number of nitrogens with zero attached hydrogens (tertiary/aromatic N) is 2. The number of halogens is 1. The summed E-state index contributed by atoms with van der Waals surface area (Å²) >= 11 is 7.53. The molecule has 0 aliphatic rings. The number of hydrogen-bond acceptors (Lipinski definition) is 3. The molecule has 2 heterocycles. The first-order valence-corrected chi connectivity index (χ1v) is 8.86. The van der Waals surface area contributed by atoms with Crippen molar-refractivity contribution in [1.29, 1.82) is 0 Å². The number of rotatable bonds is 3. The fraction of sp³-hybridized carbons (Fsp3) is 0.263. The zero-order valence-corrected chi connectivity index (χ0v) is 15.3. The van der Waals surface area contributed by atoms with E-state index in [-0.39, 0.29) is 18.0 Å². The van der Waals surface area contributed by atoms with Crippen molar-refractivity contribution in [3.8, 4) is 23.5 Å². The molecule has 3 nitrogen and oxygen atoms in total. The third kappa shape index (κ3) is 2.75. The lowest BCUT2D eigenvalue weighted by atomic mass is 10.0. The Kier molecular flexibility index (Phi) is 4.49. The van der Waals surface area contributed by atoms with Gasteiger partial charge in [-0.15, -0.1) is 17.8 Å². The maximum Gasteiger partial charge on any atom is 0.263 e. The van der Waals surface area contributed by atoms with Gasteiger partial charge in [-0.25, -0.2) is 4.98 Å². The topological polar surface area (TPSA) is 34.9 Å². The number of aryl methyl sites for hydroxylation is 1. The molecule has 0 radical (unpaired) electrons. The van der Waals surface area contributed by atoms with Gasteiger partial charge in [0.1, 0.15) is 10.7 Å². The van der Waals surface area contributed by atoms with Gasteiger partial charge in [0.2, 0.25) is 0 Å². The zero-order chi connectivity index (χ0) is 17.4. The molecule has 0 unspecified atom stereocenters. The van der Waals surface area contributed by atoms with Crippen molar-refractivity contribution in [3.63, 3.8) is 0 Å². The van der Waals surface area contributed by atoms with Crippen LogP contribution in [0, 0.1) is 19.3 Å². The summed E-state index contributed by atoms with van der Waals surface area (Å²) < 4.78 is 1.61. The monoisotopic (exact) mass is 356 g/mol. The molecule has 3 rings (SSSR count). The van der Waals surface area contributed by atoms with Gasteiger partial charge in [0.05, 0.1) is 11.9 Å². The van der Waals surface area contributed by atoms with Crippen LogP contribution in [-0.4, -0.2) is 9.55 Å². The van der Waals surface area contributed by atoms with Crippen molar-refractivity contribution >= 4 is 33.2 Å². The van der Waals surface area contributed by atoms with Crippen molar-refractivity contribution < 1.29 is 0 Å². The molecule has 0 N–H and O–H groups in total. The van der Waals surface area contributed by atoms with Crippen LogP contribution in [0.3, 0.4) is 0 Å². The minimum atomic E-state index is -0.0732. The van der Waals surface area contributed by atoms with Crippen LogP contribution in [0.1, 0.15) is 30.5 Å². The van der Waals surface area contributed by atoms with Crippen molar-refractivity contribution in [2.75, 3.05) is 0 Å². The van der Waals surface area contributed by atoms with Gasteiger partial charge in [-0.1, -0.05) is 43.5 Å². The predicted octanol–water partition coefficient (Wildman–Crippen LogP) is 4.84. The zero-order valence-electron chi connectivity index (χ0n) is 13.8. The summed E-state index contributed by atoms with van der Waals surface area (Å²) in [5.74, 6) is 3.42. The van der Waals surface area contributed by atoms with Gasteiger partial charge in [0.15, 0.2) is 0 Å². The third-order valence-corrected chi connectivity index (χ3v) is 5.17. The van der Waals surface area contributed by atoms with Crippen LogP contribution in [0.4, 0.5) is 0 Å². The first kappa shape index (κ1) is 16.8. The van der Waals surface area contributed by atoms with E-state index in [0.29, 0.717) is 10.4 Å². The predicted molar refractivity (Wildman–Crippen MR) is 102 cm³/mol. The smallest absolute Gasteiger partial charge is 0.263 e. The molecule has 0 aliphatic carbocycles. The summed E-state index contributed by atoms with van der Waals surface area (Å²) in [6, 6.07) is 7.52. The molecule has 0 atom stereocenters. The minimum Gasteiger partial charge on any atom is -0.284 e. The Hall–Kier alpha value is -2.09. The Morgan fingerprint density at radius 3 is 2.58 bits per heavy atom. The Balaban J connectivity index is 2.39. The van der Waals surface area contributed by atoms with Crippen LogP contribution in [0.25, 0.3) is 21.3 Å². The second-order valence-corrected chi connectivity index (χ2v) is 7.58. The molecule has 0 aliphatic heterocycles. The van der Waals surface area contributed by atoms with Gasteiger partial charge >= 0.3 is 0 Å². The van der Waals surface area contributed by atoms with Crippen molar-refractivity contribution in [2.45, 2.75) is 33.2 Å². The fourth-order valence-electron chi connectivity index (χ4n) is 2.86. The number of fused-ring (bicyclic) bond motifs is 1. The van der Waals surface area contributed by atoms with Crippen LogP contribution >= 0.6 is 22.9 Å². The van der Waals surface area contributed by atoms with Crippen molar-refractivity contribution in [3.05, 3.63) is 50.3 Å². The molecule has 3 aromatic rings. The number of aromatic nitrogens is 2. The van der Waals surface area contributed by atoms with Gasteiger partial charge in [0.25, 0.3) is 5.56 Å². The van der Waals surface area contributed by atoms with E-state index in [2.05, 4.69) is 5.92 Å². The fourth-order valence-corrected chi connectivity index (χ4v) is 4.03. The lowest BCUT2D eigenvalue weighted by Crippen LogP contribution is -2.25. The van der Waals surface area contributed by atoms with Crippen molar-refractivity contribution in [2.24, 2.45) is 0 Å². The Morgan fingerprint density at radius 2 is 2.00 bits per heavy atom. The molecule has 0 bridgehead atoms. The number of thiophene rings is 1. The van der Waals surface area contributed by atoms with E-state index in [9.17, 15) is 4.79 Å². The summed E-state index contributed by atoms with van der Waals surface area (Å²) in [5, 5.41) is 1.31. The maximum atomic E-state index is 13.1. The normalized spacial score (nSPS) is 11.2. The van der Waals surface area contributed by atoms with Crippen molar-refractivity contribution in [1.82, 2.24) is 9.55 Å². The highest BCUT2D eigenvalue weighted by atomic mass is 35.5. The molecule has 0 saturated carbocycles. The Bertz CT molecular complexity index is 1010. The van der Waals surface area contributed by atoms with E-state index >= 15 is 0 Å². The molecule has 0 saturated heterocycles. The van der Waals surface area contributed by atoms with E-state index in [1.807, 2.05) is 45.0 Å². The molecule has 0 spiro atoms. The molecule has 122 valence electrons. The third-order valence-electron chi connectivity index (χ3n) is 3.92. The van der Waals surface area contributed by atoms with Crippen LogP contribution in [0.15, 0.2) is 29.1 Å². The summed E-state index contributed by atoms with van der Waals surface area (Å²) in [6.07, 6.45) is 5.46. The first-order valence-electron chi connectivity index (χ1n) is 7.67. The van der Waals surface area contributed by atoms with Gasteiger partial charge in [-0.05, 0) is 24.6 Å². The summed E-state index contributed by atoms with van der Waals surface area (Å²) in [4.78, 5) is 19.7. The second kappa shape index (κ2) is 6.43. The molecule has 5 heteroatoms. The van der Waals surface area contributed by atoms with Gasteiger partial charge in [-0.3, -0.25) is 9.36 Å². The highest BCUT2D eigenvalue weighted by molar-refractivity contribution is 7.19. The van der Waals surface area contributed by atoms with E-state index in [0.717, 1.165) is 26.7 Å². The number of terminal acetylenes is 1. The first-order chi connectivity index (χ1) is 11.4. The van der Waals surface area contributed by atoms with Gasteiger partial charge in [-0.2, -0.15) is 0 Å². The quantitative estimate of drug-likeness (QED) is 0.629. The van der Waals surface area contributed by atoms with E-state index in [1.165, 1.54) is 0 Å². The largest absolute Gasteiger partial charge is 0.284 e. The average molecular weight is 357 g/mol.